The standard InChI is InChI=1S/C25H24N2O3/c1-17(2)22-14-21(30-16-18-8-4-3-5-9-18)12-19-13-23(25(28)29)27(24(19)22)15-20-10-6-7-11-26-20/h3-14,17H,15-16H2,1-2H3,(H,28,29). The summed E-state index contributed by atoms with van der Waals surface area (Å²) in [4.78, 5) is 16.4. The van der Waals surface area contributed by atoms with Gasteiger partial charge in [-0.2, -0.15) is 0 Å². The van der Waals surface area contributed by atoms with E-state index in [-0.39, 0.29) is 11.6 Å². The summed E-state index contributed by atoms with van der Waals surface area (Å²) >= 11 is 0. The zero-order chi connectivity index (χ0) is 21.1. The first-order valence-electron chi connectivity index (χ1n) is 10.00. The fraction of sp³-hybridized carbons (Fsp3) is 0.200. The molecule has 0 radical (unpaired) electrons. The summed E-state index contributed by atoms with van der Waals surface area (Å²) < 4.78 is 7.89. The summed E-state index contributed by atoms with van der Waals surface area (Å²) in [6.45, 7) is 5.07. The van der Waals surface area contributed by atoms with Crippen molar-refractivity contribution < 1.29 is 14.6 Å². The molecule has 0 aliphatic heterocycles. The second-order valence-corrected chi connectivity index (χ2v) is 7.62. The molecule has 2 heterocycles. The first-order chi connectivity index (χ1) is 14.5. The van der Waals surface area contributed by atoms with Crippen LogP contribution in [0.15, 0.2) is 72.9 Å². The first kappa shape index (κ1) is 19.7. The van der Waals surface area contributed by atoms with E-state index in [1.165, 1.54) is 0 Å². The van der Waals surface area contributed by atoms with Gasteiger partial charge in [-0.3, -0.25) is 4.98 Å². The third kappa shape index (κ3) is 4.06. The molecule has 0 amide bonds. The molecule has 4 rings (SSSR count). The molecule has 0 spiro atoms. The number of carboxylic acid groups (broad SMARTS) is 1. The highest BCUT2D eigenvalue weighted by Crippen LogP contribution is 2.34. The van der Waals surface area contributed by atoms with Gasteiger partial charge in [0.1, 0.15) is 18.1 Å². The fourth-order valence-corrected chi connectivity index (χ4v) is 3.68. The molecule has 0 fully saturated rings. The maximum atomic E-state index is 12.0. The maximum Gasteiger partial charge on any atom is 0.352 e. The number of hydrogen-bond acceptors (Lipinski definition) is 3. The van der Waals surface area contributed by atoms with E-state index in [0.29, 0.717) is 13.2 Å². The fourth-order valence-electron chi connectivity index (χ4n) is 3.68. The lowest BCUT2D eigenvalue weighted by atomic mass is 10.00. The van der Waals surface area contributed by atoms with Crippen molar-refractivity contribution in [2.24, 2.45) is 0 Å². The van der Waals surface area contributed by atoms with E-state index in [4.69, 9.17) is 4.74 Å². The van der Waals surface area contributed by atoms with Crippen molar-refractivity contribution in [2.45, 2.75) is 32.9 Å². The Morgan fingerprint density at radius 1 is 1.07 bits per heavy atom. The summed E-state index contributed by atoms with van der Waals surface area (Å²) in [5.41, 5.74) is 4.12. The number of nitrogens with zero attached hydrogens (tertiary/aromatic N) is 2. The van der Waals surface area contributed by atoms with Crippen LogP contribution in [0.2, 0.25) is 0 Å². The van der Waals surface area contributed by atoms with E-state index in [9.17, 15) is 9.90 Å². The molecule has 1 N–H and O–H groups in total. The van der Waals surface area contributed by atoms with Crippen molar-refractivity contribution in [3.05, 3.63) is 95.4 Å². The summed E-state index contributed by atoms with van der Waals surface area (Å²) in [6, 6.07) is 21.3. The van der Waals surface area contributed by atoms with E-state index < -0.39 is 5.97 Å². The molecule has 2 aromatic carbocycles. The number of pyridine rings is 1. The van der Waals surface area contributed by atoms with Gasteiger partial charge >= 0.3 is 5.97 Å². The van der Waals surface area contributed by atoms with E-state index >= 15 is 0 Å². The van der Waals surface area contributed by atoms with Crippen LogP contribution in [0.4, 0.5) is 0 Å². The van der Waals surface area contributed by atoms with Crippen molar-refractivity contribution >= 4 is 16.9 Å². The average Bonchev–Trinajstić information content (AvgIpc) is 3.11. The summed E-state index contributed by atoms with van der Waals surface area (Å²) in [7, 11) is 0. The number of aromatic nitrogens is 2. The van der Waals surface area contributed by atoms with Gasteiger partial charge < -0.3 is 14.4 Å². The molecular formula is C25H24N2O3. The first-order valence-corrected chi connectivity index (χ1v) is 10.00. The van der Waals surface area contributed by atoms with Crippen molar-refractivity contribution in [3.63, 3.8) is 0 Å². The third-order valence-electron chi connectivity index (χ3n) is 5.13. The van der Waals surface area contributed by atoms with Gasteiger partial charge in [0, 0.05) is 11.6 Å². The van der Waals surface area contributed by atoms with E-state index in [0.717, 1.165) is 33.5 Å². The Hall–Kier alpha value is -3.60. The van der Waals surface area contributed by atoms with Crippen LogP contribution in [0.5, 0.6) is 5.75 Å². The molecule has 0 saturated heterocycles. The van der Waals surface area contributed by atoms with Crippen LogP contribution < -0.4 is 4.74 Å². The largest absolute Gasteiger partial charge is 0.489 e. The Labute approximate surface area is 175 Å². The van der Waals surface area contributed by atoms with Crippen LogP contribution in [0.25, 0.3) is 10.9 Å². The van der Waals surface area contributed by atoms with Gasteiger partial charge in [-0.1, -0.05) is 50.2 Å². The Bertz CT molecular complexity index is 1170. The molecule has 152 valence electrons. The van der Waals surface area contributed by atoms with Crippen LogP contribution >= 0.6 is 0 Å². The molecule has 0 unspecified atom stereocenters. The van der Waals surface area contributed by atoms with Gasteiger partial charge in [0.2, 0.25) is 0 Å². The normalized spacial score (nSPS) is 11.2. The maximum absolute atomic E-state index is 12.0. The zero-order valence-corrected chi connectivity index (χ0v) is 17.1. The molecule has 30 heavy (non-hydrogen) atoms. The van der Waals surface area contributed by atoms with Crippen molar-refractivity contribution in [1.29, 1.82) is 0 Å². The number of carbonyl (C=O) groups is 1. The predicted octanol–water partition coefficient (Wildman–Crippen LogP) is 5.49. The lowest BCUT2D eigenvalue weighted by Crippen LogP contribution is -2.11. The molecule has 5 nitrogen and oxygen atoms in total. The Morgan fingerprint density at radius 2 is 1.83 bits per heavy atom. The van der Waals surface area contributed by atoms with Crippen molar-refractivity contribution in [2.75, 3.05) is 0 Å². The number of benzene rings is 2. The van der Waals surface area contributed by atoms with Crippen LogP contribution in [0.1, 0.15) is 47.1 Å². The number of ether oxygens (including phenoxy) is 1. The number of aromatic carboxylic acids is 1. The third-order valence-corrected chi connectivity index (χ3v) is 5.13. The molecule has 0 saturated carbocycles. The lowest BCUT2D eigenvalue weighted by Gasteiger charge is -2.16. The molecule has 0 atom stereocenters. The van der Waals surface area contributed by atoms with Crippen LogP contribution in [0, 0.1) is 0 Å². The lowest BCUT2D eigenvalue weighted by molar-refractivity contribution is 0.0686. The second-order valence-electron chi connectivity index (χ2n) is 7.62. The smallest absolute Gasteiger partial charge is 0.352 e. The van der Waals surface area contributed by atoms with E-state index in [1.54, 1.807) is 12.3 Å². The predicted molar refractivity (Wildman–Crippen MR) is 117 cm³/mol. The van der Waals surface area contributed by atoms with Crippen molar-refractivity contribution in [1.82, 2.24) is 9.55 Å². The van der Waals surface area contributed by atoms with Crippen LogP contribution in [0.3, 0.4) is 0 Å². The minimum Gasteiger partial charge on any atom is -0.489 e. The zero-order valence-electron chi connectivity index (χ0n) is 17.1. The topological polar surface area (TPSA) is 64.3 Å². The molecule has 5 heteroatoms. The Morgan fingerprint density at radius 3 is 2.50 bits per heavy atom. The molecule has 0 aliphatic rings. The average molecular weight is 400 g/mol. The molecular weight excluding hydrogens is 376 g/mol. The molecule has 0 bridgehead atoms. The highest BCUT2D eigenvalue weighted by molar-refractivity contribution is 5.96. The summed E-state index contributed by atoms with van der Waals surface area (Å²) in [6.07, 6.45) is 1.72. The number of fused-ring (bicyclic) bond motifs is 1. The molecule has 2 aromatic heterocycles. The number of rotatable bonds is 7. The van der Waals surface area contributed by atoms with Gasteiger partial charge in [0.05, 0.1) is 17.8 Å². The summed E-state index contributed by atoms with van der Waals surface area (Å²) in [5, 5.41) is 10.7. The Balaban J connectivity index is 1.79. The monoisotopic (exact) mass is 400 g/mol. The molecule has 0 aliphatic carbocycles. The van der Waals surface area contributed by atoms with Crippen LogP contribution in [-0.2, 0) is 13.2 Å². The SMILES string of the molecule is CC(C)c1cc(OCc2ccccc2)cc2cc(C(=O)O)n(Cc3ccccn3)c12. The number of carboxylic acids is 1. The minimum absolute atomic E-state index is 0.201. The summed E-state index contributed by atoms with van der Waals surface area (Å²) in [5.74, 6) is -0.0163. The highest BCUT2D eigenvalue weighted by atomic mass is 16.5. The van der Waals surface area contributed by atoms with Gasteiger partial charge in [0.25, 0.3) is 0 Å². The van der Waals surface area contributed by atoms with Gasteiger partial charge in [-0.25, -0.2) is 4.79 Å². The molecule has 4 aromatic rings. The van der Waals surface area contributed by atoms with Crippen LogP contribution in [-0.4, -0.2) is 20.6 Å². The van der Waals surface area contributed by atoms with Gasteiger partial charge in [-0.15, -0.1) is 0 Å². The van der Waals surface area contributed by atoms with Gasteiger partial charge in [0.15, 0.2) is 0 Å². The highest BCUT2D eigenvalue weighted by Gasteiger charge is 2.20. The van der Waals surface area contributed by atoms with E-state index in [1.807, 2.05) is 65.2 Å². The second kappa shape index (κ2) is 8.41. The van der Waals surface area contributed by atoms with Crippen molar-refractivity contribution in [3.8, 4) is 5.75 Å². The quantitative estimate of drug-likeness (QED) is 0.446. The minimum atomic E-state index is -0.955. The Kier molecular flexibility index (Phi) is 5.53. The van der Waals surface area contributed by atoms with Gasteiger partial charge in [-0.05, 0) is 47.4 Å². The number of hydrogen-bond donors (Lipinski definition) is 1. The van der Waals surface area contributed by atoms with E-state index in [2.05, 4.69) is 18.8 Å².